The average molecular weight is 610 g/mol. The highest BCUT2D eigenvalue weighted by Crippen LogP contribution is 2.39. The molecule has 10 rings (SSSR count). The molecule has 0 amide bonds. The normalized spacial score (nSPS) is 11.7. The number of nitrogens with zero attached hydrogens (tertiary/aromatic N) is 3. The summed E-state index contributed by atoms with van der Waals surface area (Å²) >= 11 is 0. The molecule has 0 saturated heterocycles. The molecule has 0 N–H and O–H groups in total. The molecule has 3 nitrogen and oxygen atoms in total. The van der Waals surface area contributed by atoms with Gasteiger partial charge in [0.05, 0.1) is 28.6 Å². The summed E-state index contributed by atoms with van der Waals surface area (Å²) in [5.74, 6) is 0. The summed E-state index contributed by atoms with van der Waals surface area (Å²) in [7, 11) is 0. The number of rotatable bonds is 3. The van der Waals surface area contributed by atoms with Crippen molar-refractivity contribution in [3.8, 4) is 22.5 Å². The van der Waals surface area contributed by atoms with Gasteiger partial charge in [-0.2, -0.15) is 0 Å². The van der Waals surface area contributed by atoms with Crippen molar-refractivity contribution in [2.45, 2.75) is 0 Å². The number of aromatic nitrogens is 2. The lowest BCUT2D eigenvalue weighted by Crippen LogP contribution is -1.94. The molecule has 10 aromatic rings. The first kappa shape index (κ1) is 26.6. The minimum Gasteiger partial charge on any atom is -0.309 e. The number of para-hydroxylation sites is 3. The predicted molar refractivity (Wildman–Crippen MR) is 202 cm³/mol. The lowest BCUT2D eigenvalue weighted by atomic mass is 10.0. The van der Waals surface area contributed by atoms with E-state index in [1.165, 1.54) is 60.1 Å². The van der Waals surface area contributed by atoms with E-state index < -0.39 is 0 Å². The van der Waals surface area contributed by atoms with Gasteiger partial charge < -0.3 is 9.13 Å². The van der Waals surface area contributed by atoms with Crippen LogP contribution in [0, 0.1) is 6.57 Å². The summed E-state index contributed by atoms with van der Waals surface area (Å²) in [6, 6.07) is 58.7. The van der Waals surface area contributed by atoms with E-state index in [1.807, 2.05) is 18.2 Å². The molecule has 0 aliphatic heterocycles. The van der Waals surface area contributed by atoms with Gasteiger partial charge in [-0.3, -0.25) is 0 Å². The third-order valence-electron chi connectivity index (χ3n) is 9.89. The zero-order chi connectivity index (χ0) is 31.8. The second-order valence-electron chi connectivity index (χ2n) is 12.5. The molecule has 0 fully saturated rings. The number of hydrogen-bond donors (Lipinski definition) is 0. The molecule has 222 valence electrons. The van der Waals surface area contributed by atoms with Crippen LogP contribution in [0.3, 0.4) is 0 Å². The number of hydrogen-bond acceptors (Lipinski definition) is 0. The quantitative estimate of drug-likeness (QED) is 0.140. The maximum absolute atomic E-state index is 7.58. The van der Waals surface area contributed by atoms with Crippen molar-refractivity contribution in [2.24, 2.45) is 0 Å². The van der Waals surface area contributed by atoms with Gasteiger partial charge in [-0.15, -0.1) is 0 Å². The van der Waals surface area contributed by atoms with Gasteiger partial charge in [0.25, 0.3) is 0 Å². The third-order valence-corrected chi connectivity index (χ3v) is 9.89. The van der Waals surface area contributed by atoms with Crippen LogP contribution in [0.5, 0.6) is 0 Å². The standard InChI is InChI=1S/C45H27N3/c1-46-33-21-17-29-15-16-30-18-22-35(28-40(30)39(29)27-33)48-43-14-8-6-12-37(43)41-25-31(20-24-44(41)48)32-19-23-38-36-11-5-7-13-42(36)47(45(38)26-32)34-9-3-2-4-10-34/h2-28H. The molecule has 0 aliphatic carbocycles. The van der Waals surface area contributed by atoms with Crippen LogP contribution in [-0.2, 0) is 0 Å². The summed E-state index contributed by atoms with van der Waals surface area (Å²) in [4.78, 5) is 3.71. The zero-order valence-electron chi connectivity index (χ0n) is 25.9. The van der Waals surface area contributed by atoms with Crippen LogP contribution < -0.4 is 0 Å². The Morgan fingerprint density at radius 1 is 0.354 bits per heavy atom. The molecule has 0 aliphatic rings. The average Bonchev–Trinajstić information content (AvgIpc) is 3.67. The van der Waals surface area contributed by atoms with Crippen LogP contribution in [0.15, 0.2) is 164 Å². The van der Waals surface area contributed by atoms with Crippen LogP contribution in [0.1, 0.15) is 0 Å². The Morgan fingerprint density at radius 3 is 1.69 bits per heavy atom. The van der Waals surface area contributed by atoms with Crippen LogP contribution in [-0.4, -0.2) is 9.13 Å². The van der Waals surface area contributed by atoms with Crippen molar-refractivity contribution in [2.75, 3.05) is 0 Å². The maximum atomic E-state index is 7.58. The smallest absolute Gasteiger partial charge is 0.187 e. The fourth-order valence-corrected chi connectivity index (χ4v) is 7.67. The number of fused-ring (bicyclic) bond motifs is 9. The van der Waals surface area contributed by atoms with Crippen LogP contribution in [0.2, 0.25) is 0 Å². The Kier molecular flexibility index (Phi) is 5.64. The van der Waals surface area contributed by atoms with Crippen LogP contribution in [0.25, 0.3) is 92.5 Å². The molecular formula is C45H27N3. The van der Waals surface area contributed by atoms with E-state index in [-0.39, 0.29) is 0 Å². The molecule has 0 saturated carbocycles. The second kappa shape index (κ2) is 10.2. The van der Waals surface area contributed by atoms with Gasteiger partial charge in [0.15, 0.2) is 5.69 Å². The third kappa shape index (κ3) is 3.87. The van der Waals surface area contributed by atoms with Crippen molar-refractivity contribution in [1.29, 1.82) is 0 Å². The van der Waals surface area contributed by atoms with Gasteiger partial charge in [0.1, 0.15) is 0 Å². The molecule has 0 atom stereocenters. The highest BCUT2D eigenvalue weighted by molar-refractivity contribution is 6.13. The first-order chi connectivity index (χ1) is 23.7. The fraction of sp³-hybridized carbons (Fsp3) is 0. The molecule has 0 unspecified atom stereocenters. The highest BCUT2D eigenvalue weighted by Gasteiger charge is 2.16. The van der Waals surface area contributed by atoms with E-state index in [4.69, 9.17) is 6.57 Å². The van der Waals surface area contributed by atoms with Crippen molar-refractivity contribution in [3.05, 3.63) is 175 Å². The monoisotopic (exact) mass is 609 g/mol. The van der Waals surface area contributed by atoms with Gasteiger partial charge in [-0.25, -0.2) is 4.85 Å². The summed E-state index contributed by atoms with van der Waals surface area (Å²) in [5, 5.41) is 9.52. The predicted octanol–water partition coefficient (Wildman–Crippen LogP) is 12.4. The minimum absolute atomic E-state index is 0.659. The molecule has 2 aromatic heterocycles. The molecule has 48 heavy (non-hydrogen) atoms. The largest absolute Gasteiger partial charge is 0.309 e. The van der Waals surface area contributed by atoms with Gasteiger partial charge in [-0.05, 0) is 93.3 Å². The molecule has 0 radical (unpaired) electrons. The Bertz CT molecular complexity index is 2950. The Hall–Kier alpha value is -6.63. The highest BCUT2D eigenvalue weighted by atomic mass is 15.0. The summed E-state index contributed by atoms with van der Waals surface area (Å²) in [6.07, 6.45) is 0. The van der Waals surface area contributed by atoms with E-state index in [9.17, 15) is 0 Å². The first-order valence-corrected chi connectivity index (χ1v) is 16.2. The van der Waals surface area contributed by atoms with Gasteiger partial charge in [0.2, 0.25) is 0 Å². The lowest BCUT2D eigenvalue weighted by Gasteiger charge is -2.12. The minimum atomic E-state index is 0.659. The van der Waals surface area contributed by atoms with Gasteiger partial charge in [-0.1, -0.05) is 103 Å². The molecule has 3 heteroatoms. The van der Waals surface area contributed by atoms with Crippen LogP contribution >= 0.6 is 0 Å². The summed E-state index contributed by atoms with van der Waals surface area (Å²) in [6.45, 7) is 7.58. The molecule has 8 aromatic carbocycles. The lowest BCUT2D eigenvalue weighted by molar-refractivity contribution is 1.18. The van der Waals surface area contributed by atoms with E-state index in [0.717, 1.165) is 27.5 Å². The maximum Gasteiger partial charge on any atom is 0.187 e. The van der Waals surface area contributed by atoms with E-state index in [1.54, 1.807) is 0 Å². The fourth-order valence-electron chi connectivity index (χ4n) is 7.67. The molecule has 0 spiro atoms. The Labute approximate surface area is 276 Å². The van der Waals surface area contributed by atoms with Crippen molar-refractivity contribution in [1.82, 2.24) is 9.13 Å². The topological polar surface area (TPSA) is 14.2 Å². The first-order valence-electron chi connectivity index (χ1n) is 16.2. The van der Waals surface area contributed by atoms with Gasteiger partial charge >= 0.3 is 0 Å². The summed E-state index contributed by atoms with van der Waals surface area (Å²) < 4.78 is 4.75. The van der Waals surface area contributed by atoms with Crippen molar-refractivity contribution in [3.63, 3.8) is 0 Å². The summed E-state index contributed by atoms with van der Waals surface area (Å²) in [5.41, 5.74) is 10.1. The Balaban J connectivity index is 1.19. The van der Waals surface area contributed by atoms with Gasteiger partial charge in [0, 0.05) is 32.9 Å². The molecular weight excluding hydrogens is 583 g/mol. The Morgan fingerprint density at radius 2 is 0.917 bits per heavy atom. The van der Waals surface area contributed by atoms with Crippen molar-refractivity contribution < 1.29 is 0 Å². The van der Waals surface area contributed by atoms with E-state index in [2.05, 4.69) is 160 Å². The van der Waals surface area contributed by atoms with E-state index in [0.29, 0.717) is 5.69 Å². The SMILES string of the molecule is [C-]#[N+]c1ccc2ccc3ccc(-n4c5ccccc5c5cc(-c6ccc7c8ccccc8n(-c8ccccc8)c7c6)ccc54)cc3c2c1. The molecule has 2 heterocycles. The van der Waals surface area contributed by atoms with E-state index >= 15 is 0 Å². The zero-order valence-corrected chi connectivity index (χ0v) is 25.9. The number of benzene rings is 8. The molecule has 0 bridgehead atoms. The van der Waals surface area contributed by atoms with Crippen LogP contribution in [0.4, 0.5) is 5.69 Å². The van der Waals surface area contributed by atoms with Crippen molar-refractivity contribution >= 4 is 70.8 Å². The second-order valence-corrected chi connectivity index (χ2v) is 12.5.